The lowest BCUT2D eigenvalue weighted by molar-refractivity contribution is 0.342. The summed E-state index contributed by atoms with van der Waals surface area (Å²) in [6.45, 7) is 9.92. The molecular weight excluding hydrogens is 220 g/mol. The summed E-state index contributed by atoms with van der Waals surface area (Å²) < 4.78 is 0. The molecule has 0 amide bonds. The van der Waals surface area contributed by atoms with Crippen LogP contribution in [0.1, 0.15) is 52.0 Å². The highest BCUT2D eigenvalue weighted by Crippen LogP contribution is 2.27. The molecule has 102 valence electrons. The molecule has 0 unspecified atom stereocenters. The van der Waals surface area contributed by atoms with Gasteiger partial charge in [-0.05, 0) is 30.4 Å². The molecule has 0 aromatic heterocycles. The molecule has 0 spiro atoms. The van der Waals surface area contributed by atoms with Crippen LogP contribution in [0.2, 0.25) is 0 Å². The molecule has 0 aliphatic carbocycles. The molecule has 1 rings (SSSR count). The van der Waals surface area contributed by atoms with Crippen LogP contribution in [0.25, 0.3) is 0 Å². The summed E-state index contributed by atoms with van der Waals surface area (Å²) in [5, 5.41) is 3.50. The molecule has 1 aromatic rings. The molecule has 0 bridgehead atoms. The number of hydrogen-bond acceptors (Lipinski definition) is 2. The first-order valence-corrected chi connectivity index (χ1v) is 7.05. The van der Waals surface area contributed by atoms with Crippen molar-refractivity contribution in [3.8, 4) is 0 Å². The van der Waals surface area contributed by atoms with Gasteiger partial charge in [-0.2, -0.15) is 0 Å². The van der Waals surface area contributed by atoms with Gasteiger partial charge < -0.3 is 11.1 Å². The van der Waals surface area contributed by atoms with Crippen molar-refractivity contribution in [1.82, 2.24) is 0 Å². The highest BCUT2D eigenvalue weighted by atomic mass is 14.9. The van der Waals surface area contributed by atoms with E-state index in [2.05, 4.69) is 38.2 Å². The van der Waals surface area contributed by atoms with Gasteiger partial charge in [-0.25, -0.2) is 0 Å². The van der Waals surface area contributed by atoms with Gasteiger partial charge in [0.25, 0.3) is 0 Å². The molecule has 18 heavy (non-hydrogen) atoms. The van der Waals surface area contributed by atoms with Crippen molar-refractivity contribution < 1.29 is 0 Å². The maximum absolute atomic E-state index is 6.07. The van der Waals surface area contributed by atoms with Crippen LogP contribution in [0.3, 0.4) is 0 Å². The Morgan fingerprint density at radius 1 is 1.22 bits per heavy atom. The normalized spacial score (nSPS) is 11.6. The summed E-state index contributed by atoms with van der Waals surface area (Å²) in [5.41, 5.74) is 9.48. The van der Waals surface area contributed by atoms with E-state index in [9.17, 15) is 0 Å². The van der Waals surface area contributed by atoms with Crippen LogP contribution >= 0.6 is 0 Å². The number of nitrogens with two attached hydrogens (primary N) is 1. The highest BCUT2D eigenvalue weighted by Gasteiger charge is 2.17. The summed E-state index contributed by atoms with van der Waals surface area (Å²) >= 11 is 0. The first-order valence-electron chi connectivity index (χ1n) is 7.05. The van der Waals surface area contributed by atoms with Gasteiger partial charge in [-0.1, -0.05) is 52.2 Å². The van der Waals surface area contributed by atoms with Gasteiger partial charge in [0.05, 0.1) is 11.4 Å². The second kappa shape index (κ2) is 6.67. The molecule has 3 N–H and O–H groups in total. The van der Waals surface area contributed by atoms with E-state index in [-0.39, 0.29) is 0 Å². The van der Waals surface area contributed by atoms with Crippen LogP contribution < -0.4 is 11.1 Å². The van der Waals surface area contributed by atoms with E-state index in [0.29, 0.717) is 5.41 Å². The van der Waals surface area contributed by atoms with Crippen molar-refractivity contribution in [3.05, 3.63) is 23.8 Å². The van der Waals surface area contributed by atoms with Crippen LogP contribution in [0.5, 0.6) is 0 Å². The number of anilines is 2. The van der Waals surface area contributed by atoms with Crippen molar-refractivity contribution in [2.24, 2.45) is 5.41 Å². The van der Waals surface area contributed by atoms with E-state index >= 15 is 0 Å². The zero-order chi connectivity index (χ0) is 13.6. The summed E-state index contributed by atoms with van der Waals surface area (Å²) in [5.74, 6) is 0. The molecule has 2 heteroatoms. The third-order valence-electron chi connectivity index (χ3n) is 3.54. The lowest BCUT2D eigenvalue weighted by Crippen LogP contribution is -2.23. The van der Waals surface area contributed by atoms with Gasteiger partial charge >= 0.3 is 0 Å². The molecule has 0 atom stereocenters. The third kappa shape index (κ3) is 4.59. The molecular formula is C16H28N2. The Bertz CT molecular complexity index is 369. The number of nitrogens with one attached hydrogen (secondary N) is 1. The van der Waals surface area contributed by atoms with Crippen molar-refractivity contribution in [2.45, 2.75) is 53.4 Å². The molecule has 0 aliphatic rings. The maximum Gasteiger partial charge on any atom is 0.0579 e. The smallest absolute Gasteiger partial charge is 0.0579 e. The minimum Gasteiger partial charge on any atom is -0.397 e. The highest BCUT2D eigenvalue weighted by molar-refractivity contribution is 5.69. The van der Waals surface area contributed by atoms with Crippen molar-refractivity contribution >= 4 is 11.4 Å². The number of nitrogen functional groups attached to an aromatic ring is 1. The Kier molecular flexibility index (Phi) is 5.52. The second-order valence-electron chi connectivity index (χ2n) is 6.01. The Morgan fingerprint density at radius 2 is 1.94 bits per heavy atom. The topological polar surface area (TPSA) is 38.0 Å². The average Bonchev–Trinajstić information content (AvgIpc) is 2.31. The van der Waals surface area contributed by atoms with E-state index in [4.69, 9.17) is 5.73 Å². The summed E-state index contributed by atoms with van der Waals surface area (Å²) in [4.78, 5) is 0. The number of hydrogen-bond donors (Lipinski definition) is 2. The van der Waals surface area contributed by atoms with Crippen LogP contribution in [0.15, 0.2) is 18.2 Å². The van der Waals surface area contributed by atoms with Crippen LogP contribution in [0.4, 0.5) is 11.4 Å². The molecule has 0 fully saturated rings. The van der Waals surface area contributed by atoms with Crippen molar-refractivity contribution in [2.75, 3.05) is 17.6 Å². The van der Waals surface area contributed by atoms with Crippen LogP contribution in [-0.2, 0) is 0 Å². The van der Waals surface area contributed by atoms with E-state index in [0.717, 1.165) is 23.5 Å². The first kappa shape index (κ1) is 14.9. The number of unbranched alkanes of at least 4 members (excludes halogenated alkanes) is 2. The Hall–Kier alpha value is -1.18. The minimum absolute atomic E-state index is 0.325. The van der Waals surface area contributed by atoms with Gasteiger partial charge in [0, 0.05) is 6.54 Å². The minimum atomic E-state index is 0.325. The fraction of sp³-hybridized carbons (Fsp3) is 0.625. The Morgan fingerprint density at radius 3 is 2.61 bits per heavy atom. The Labute approximate surface area is 112 Å². The average molecular weight is 248 g/mol. The van der Waals surface area contributed by atoms with Gasteiger partial charge in [-0.3, -0.25) is 0 Å². The summed E-state index contributed by atoms with van der Waals surface area (Å²) in [6, 6.07) is 6.16. The van der Waals surface area contributed by atoms with E-state index in [1.807, 2.05) is 13.0 Å². The van der Waals surface area contributed by atoms with Crippen LogP contribution in [-0.4, -0.2) is 6.54 Å². The predicted molar refractivity (Wildman–Crippen MR) is 82.0 cm³/mol. The van der Waals surface area contributed by atoms with Gasteiger partial charge in [0.15, 0.2) is 0 Å². The lowest BCUT2D eigenvalue weighted by Gasteiger charge is -2.26. The van der Waals surface area contributed by atoms with Crippen LogP contribution in [0, 0.1) is 12.3 Å². The van der Waals surface area contributed by atoms with E-state index in [1.54, 1.807) is 0 Å². The molecule has 0 aliphatic heterocycles. The number of rotatable bonds is 7. The zero-order valence-corrected chi connectivity index (χ0v) is 12.3. The largest absolute Gasteiger partial charge is 0.397 e. The zero-order valence-electron chi connectivity index (χ0n) is 12.3. The molecule has 0 saturated carbocycles. The fourth-order valence-electron chi connectivity index (χ4n) is 2.11. The maximum atomic E-state index is 6.07. The fourth-order valence-corrected chi connectivity index (χ4v) is 2.11. The first-order chi connectivity index (χ1) is 8.46. The number of aryl methyl sites for hydroxylation is 1. The quantitative estimate of drug-likeness (QED) is 0.547. The molecule has 0 radical (unpaired) electrons. The van der Waals surface area contributed by atoms with Crippen molar-refractivity contribution in [1.29, 1.82) is 0 Å². The van der Waals surface area contributed by atoms with Gasteiger partial charge in [0.2, 0.25) is 0 Å². The summed E-state index contributed by atoms with van der Waals surface area (Å²) in [6.07, 6.45) is 5.19. The molecule has 2 nitrogen and oxygen atoms in total. The van der Waals surface area contributed by atoms with Gasteiger partial charge in [0.1, 0.15) is 0 Å². The summed E-state index contributed by atoms with van der Waals surface area (Å²) in [7, 11) is 0. The SMILES string of the molecule is CCCCCC(C)(C)CNc1cccc(C)c1N. The van der Waals surface area contributed by atoms with E-state index in [1.165, 1.54) is 25.7 Å². The van der Waals surface area contributed by atoms with E-state index < -0.39 is 0 Å². The standard InChI is InChI=1S/C16H28N2/c1-5-6-7-11-16(3,4)12-18-14-10-8-9-13(2)15(14)17/h8-10,18H,5-7,11-12,17H2,1-4H3. The Balaban J connectivity index is 2.50. The number of benzene rings is 1. The van der Waals surface area contributed by atoms with Crippen molar-refractivity contribution in [3.63, 3.8) is 0 Å². The molecule has 1 aromatic carbocycles. The molecule has 0 saturated heterocycles. The third-order valence-corrected chi connectivity index (χ3v) is 3.54. The molecule has 0 heterocycles. The van der Waals surface area contributed by atoms with Gasteiger partial charge in [-0.15, -0.1) is 0 Å². The predicted octanol–water partition coefficient (Wildman–Crippen LogP) is 4.60. The number of para-hydroxylation sites is 1. The monoisotopic (exact) mass is 248 g/mol. The second-order valence-corrected chi connectivity index (χ2v) is 6.01. The lowest BCUT2D eigenvalue weighted by atomic mass is 9.87.